The van der Waals surface area contributed by atoms with Crippen LogP contribution >= 0.6 is 11.3 Å². The van der Waals surface area contributed by atoms with Crippen molar-refractivity contribution in [3.8, 4) is 17.0 Å². The van der Waals surface area contributed by atoms with Gasteiger partial charge in [-0.3, -0.25) is 4.40 Å². The molecule has 3 heterocycles. The third kappa shape index (κ3) is 2.53. The predicted molar refractivity (Wildman–Crippen MR) is 92.6 cm³/mol. The number of methoxy groups -OCH3 is 1. The molecular weight excluding hydrogens is 308 g/mol. The van der Waals surface area contributed by atoms with Gasteiger partial charge < -0.3 is 10.1 Å². The molecule has 3 aromatic heterocycles. The van der Waals surface area contributed by atoms with Gasteiger partial charge in [-0.2, -0.15) is 11.3 Å². The molecule has 0 aliphatic heterocycles. The van der Waals surface area contributed by atoms with E-state index in [0.29, 0.717) is 0 Å². The molecule has 0 fully saturated rings. The van der Waals surface area contributed by atoms with Crippen molar-refractivity contribution in [2.45, 2.75) is 0 Å². The first-order valence-electron chi connectivity index (χ1n) is 7.11. The molecular formula is C17H14N4OS. The van der Waals surface area contributed by atoms with Crippen LogP contribution in [0.5, 0.6) is 5.75 Å². The lowest BCUT2D eigenvalue weighted by Crippen LogP contribution is -2.00. The maximum absolute atomic E-state index is 5.18. The molecule has 23 heavy (non-hydrogen) atoms. The van der Waals surface area contributed by atoms with Gasteiger partial charge in [0.05, 0.1) is 19.0 Å². The Balaban J connectivity index is 1.73. The van der Waals surface area contributed by atoms with Gasteiger partial charge in [0.2, 0.25) is 0 Å². The summed E-state index contributed by atoms with van der Waals surface area (Å²) in [7, 11) is 1.65. The zero-order chi connectivity index (χ0) is 15.6. The molecule has 4 rings (SSSR count). The van der Waals surface area contributed by atoms with Gasteiger partial charge in [0.15, 0.2) is 11.5 Å². The molecule has 6 heteroatoms. The maximum Gasteiger partial charge on any atom is 0.180 e. The third-order valence-corrected chi connectivity index (χ3v) is 4.28. The molecule has 114 valence electrons. The summed E-state index contributed by atoms with van der Waals surface area (Å²) in [6.45, 7) is 0. The minimum Gasteiger partial charge on any atom is -0.497 e. The standard InChI is InChI=1S/C17H14N4OS/c1-22-14-4-2-13(3-5-14)20-16-17-18-7-8-21(17)15(10-19-16)12-6-9-23-11-12/h2-11H,1H3,(H,19,20). The summed E-state index contributed by atoms with van der Waals surface area (Å²) in [5.41, 5.74) is 3.90. The van der Waals surface area contributed by atoms with E-state index in [1.54, 1.807) is 24.6 Å². The highest BCUT2D eigenvalue weighted by Crippen LogP contribution is 2.27. The summed E-state index contributed by atoms with van der Waals surface area (Å²) >= 11 is 1.67. The fourth-order valence-corrected chi connectivity index (χ4v) is 3.09. The van der Waals surface area contributed by atoms with E-state index in [2.05, 4.69) is 32.1 Å². The van der Waals surface area contributed by atoms with Crippen molar-refractivity contribution in [2.24, 2.45) is 0 Å². The highest BCUT2D eigenvalue weighted by atomic mass is 32.1. The second-order valence-electron chi connectivity index (χ2n) is 4.98. The Kier molecular flexibility index (Phi) is 3.44. The average molecular weight is 322 g/mol. The monoisotopic (exact) mass is 322 g/mol. The number of anilines is 2. The lowest BCUT2D eigenvalue weighted by atomic mass is 10.2. The highest BCUT2D eigenvalue weighted by Gasteiger charge is 2.10. The van der Waals surface area contributed by atoms with Crippen molar-refractivity contribution in [1.82, 2.24) is 14.4 Å². The molecule has 0 amide bonds. The summed E-state index contributed by atoms with van der Waals surface area (Å²) < 4.78 is 7.22. The Morgan fingerprint density at radius 1 is 1.13 bits per heavy atom. The van der Waals surface area contributed by atoms with Crippen LogP contribution in [0.4, 0.5) is 11.5 Å². The van der Waals surface area contributed by atoms with Gasteiger partial charge in [0.25, 0.3) is 0 Å². The highest BCUT2D eigenvalue weighted by molar-refractivity contribution is 7.08. The minimum absolute atomic E-state index is 0.721. The third-order valence-electron chi connectivity index (χ3n) is 3.60. The van der Waals surface area contributed by atoms with Gasteiger partial charge in [-0.25, -0.2) is 9.97 Å². The summed E-state index contributed by atoms with van der Waals surface area (Å²) in [6.07, 6.45) is 5.60. The number of thiophene rings is 1. The van der Waals surface area contributed by atoms with Crippen LogP contribution in [-0.4, -0.2) is 21.5 Å². The number of aromatic nitrogens is 3. The van der Waals surface area contributed by atoms with Gasteiger partial charge in [-0.1, -0.05) is 0 Å². The predicted octanol–water partition coefficient (Wildman–Crippen LogP) is 4.21. The number of hydrogen-bond donors (Lipinski definition) is 1. The molecule has 0 aliphatic carbocycles. The maximum atomic E-state index is 5.18. The molecule has 1 N–H and O–H groups in total. The van der Waals surface area contributed by atoms with E-state index in [9.17, 15) is 0 Å². The van der Waals surface area contributed by atoms with Crippen LogP contribution in [0.2, 0.25) is 0 Å². The van der Waals surface area contributed by atoms with Crippen LogP contribution in [0.3, 0.4) is 0 Å². The van der Waals surface area contributed by atoms with Crippen molar-refractivity contribution >= 4 is 28.5 Å². The topological polar surface area (TPSA) is 51.5 Å². The van der Waals surface area contributed by atoms with Crippen molar-refractivity contribution in [2.75, 3.05) is 12.4 Å². The number of imidazole rings is 1. The largest absolute Gasteiger partial charge is 0.497 e. The summed E-state index contributed by atoms with van der Waals surface area (Å²) in [6, 6.07) is 9.80. The first kappa shape index (κ1) is 13.8. The Hall–Kier alpha value is -2.86. The number of benzene rings is 1. The molecule has 0 saturated carbocycles. The van der Waals surface area contributed by atoms with E-state index in [1.807, 2.05) is 41.1 Å². The molecule has 0 saturated heterocycles. The first-order valence-corrected chi connectivity index (χ1v) is 8.05. The van der Waals surface area contributed by atoms with E-state index in [0.717, 1.165) is 34.2 Å². The molecule has 0 unspecified atom stereocenters. The molecule has 5 nitrogen and oxygen atoms in total. The van der Waals surface area contributed by atoms with Crippen LogP contribution in [0, 0.1) is 0 Å². The van der Waals surface area contributed by atoms with Crippen LogP contribution in [0.25, 0.3) is 16.9 Å². The van der Waals surface area contributed by atoms with Crippen molar-refractivity contribution < 1.29 is 4.74 Å². The SMILES string of the molecule is COc1ccc(Nc2ncc(-c3ccsc3)n3ccnc23)cc1. The lowest BCUT2D eigenvalue weighted by Gasteiger charge is -2.10. The molecule has 0 bridgehead atoms. The van der Waals surface area contributed by atoms with Gasteiger partial charge in [-0.15, -0.1) is 0 Å². The number of rotatable bonds is 4. The van der Waals surface area contributed by atoms with Crippen LogP contribution in [0.1, 0.15) is 0 Å². The van der Waals surface area contributed by atoms with E-state index in [4.69, 9.17) is 4.74 Å². The van der Waals surface area contributed by atoms with Crippen LogP contribution < -0.4 is 10.1 Å². The van der Waals surface area contributed by atoms with E-state index >= 15 is 0 Å². The average Bonchev–Trinajstić information content (AvgIpc) is 3.28. The smallest absolute Gasteiger partial charge is 0.180 e. The zero-order valence-corrected chi connectivity index (χ0v) is 13.2. The Morgan fingerprint density at radius 3 is 2.74 bits per heavy atom. The fourth-order valence-electron chi connectivity index (χ4n) is 2.44. The Bertz CT molecular complexity index is 929. The van der Waals surface area contributed by atoms with Gasteiger partial charge in [0.1, 0.15) is 5.75 Å². The van der Waals surface area contributed by atoms with Gasteiger partial charge >= 0.3 is 0 Å². The van der Waals surface area contributed by atoms with Crippen molar-refractivity contribution in [3.05, 3.63) is 59.7 Å². The number of hydrogen-bond acceptors (Lipinski definition) is 5. The molecule has 0 aliphatic rings. The van der Waals surface area contributed by atoms with Crippen molar-refractivity contribution in [1.29, 1.82) is 0 Å². The summed E-state index contributed by atoms with van der Waals surface area (Å²) in [4.78, 5) is 8.99. The quantitative estimate of drug-likeness (QED) is 0.611. The lowest BCUT2D eigenvalue weighted by molar-refractivity contribution is 0.415. The number of ether oxygens (including phenoxy) is 1. The van der Waals surface area contributed by atoms with Crippen LogP contribution in [0.15, 0.2) is 59.7 Å². The molecule has 0 atom stereocenters. The number of nitrogens with zero attached hydrogens (tertiary/aromatic N) is 3. The second-order valence-corrected chi connectivity index (χ2v) is 5.76. The van der Waals surface area contributed by atoms with Gasteiger partial charge in [0, 0.05) is 29.0 Å². The first-order chi connectivity index (χ1) is 11.3. The normalized spacial score (nSPS) is 10.8. The van der Waals surface area contributed by atoms with E-state index in [1.165, 1.54) is 0 Å². The second kappa shape index (κ2) is 5.73. The molecule has 1 aromatic carbocycles. The Labute approximate surface area is 137 Å². The fraction of sp³-hybridized carbons (Fsp3) is 0.0588. The molecule has 0 spiro atoms. The summed E-state index contributed by atoms with van der Waals surface area (Å²) in [5, 5.41) is 7.47. The molecule has 4 aromatic rings. The number of fused-ring (bicyclic) bond motifs is 1. The minimum atomic E-state index is 0.721. The van der Waals surface area contributed by atoms with Crippen molar-refractivity contribution in [3.63, 3.8) is 0 Å². The van der Waals surface area contributed by atoms with Crippen LogP contribution in [-0.2, 0) is 0 Å². The molecule has 0 radical (unpaired) electrons. The van der Waals surface area contributed by atoms with E-state index in [-0.39, 0.29) is 0 Å². The zero-order valence-electron chi connectivity index (χ0n) is 12.4. The number of nitrogens with one attached hydrogen (secondary N) is 1. The van der Waals surface area contributed by atoms with E-state index < -0.39 is 0 Å². The van der Waals surface area contributed by atoms with Gasteiger partial charge in [-0.05, 0) is 35.7 Å². The Morgan fingerprint density at radius 2 is 2.00 bits per heavy atom. The summed E-state index contributed by atoms with van der Waals surface area (Å²) in [5.74, 6) is 1.54.